The van der Waals surface area contributed by atoms with Crippen molar-refractivity contribution in [3.8, 4) is 5.69 Å². The van der Waals surface area contributed by atoms with Crippen molar-refractivity contribution in [2.24, 2.45) is 0 Å². The molecule has 0 fully saturated rings. The molecule has 1 aromatic heterocycles. The van der Waals surface area contributed by atoms with Crippen LogP contribution in [-0.2, 0) is 0 Å². The van der Waals surface area contributed by atoms with E-state index in [0.29, 0.717) is 0 Å². The SMILES string of the molecule is Nc1cccc(-n2cc3cc(N)ccc3n2)c1. The van der Waals surface area contributed by atoms with Gasteiger partial charge in [-0.3, -0.25) is 0 Å². The number of fused-ring (bicyclic) bond motifs is 1. The summed E-state index contributed by atoms with van der Waals surface area (Å²) in [6, 6.07) is 13.3. The number of anilines is 2. The van der Waals surface area contributed by atoms with Crippen LogP contribution in [0.15, 0.2) is 48.7 Å². The highest BCUT2D eigenvalue weighted by Crippen LogP contribution is 2.19. The van der Waals surface area contributed by atoms with E-state index in [-0.39, 0.29) is 0 Å². The predicted octanol–water partition coefficient (Wildman–Crippen LogP) is 2.19. The largest absolute Gasteiger partial charge is 0.399 e. The number of nitrogen functional groups attached to an aromatic ring is 2. The normalized spacial score (nSPS) is 10.8. The Morgan fingerprint density at radius 2 is 1.76 bits per heavy atom. The Bertz CT molecular complexity index is 685. The Morgan fingerprint density at radius 1 is 0.941 bits per heavy atom. The molecule has 0 saturated heterocycles. The van der Waals surface area contributed by atoms with Crippen molar-refractivity contribution >= 4 is 22.3 Å². The maximum atomic E-state index is 5.75. The van der Waals surface area contributed by atoms with Gasteiger partial charge in [-0.1, -0.05) is 6.07 Å². The van der Waals surface area contributed by atoms with Gasteiger partial charge >= 0.3 is 0 Å². The van der Waals surface area contributed by atoms with Crippen LogP contribution in [0.2, 0.25) is 0 Å². The second kappa shape index (κ2) is 3.52. The minimum atomic E-state index is 0.724. The van der Waals surface area contributed by atoms with Crippen molar-refractivity contribution in [1.82, 2.24) is 9.78 Å². The van der Waals surface area contributed by atoms with E-state index in [1.54, 1.807) is 4.68 Å². The minimum Gasteiger partial charge on any atom is -0.399 e. The van der Waals surface area contributed by atoms with Crippen molar-refractivity contribution in [1.29, 1.82) is 0 Å². The zero-order valence-electron chi connectivity index (χ0n) is 9.17. The Kier molecular flexibility index (Phi) is 2.01. The molecule has 0 unspecified atom stereocenters. The summed E-state index contributed by atoms with van der Waals surface area (Å²) in [5.74, 6) is 0. The number of aromatic nitrogens is 2. The molecule has 4 N–H and O–H groups in total. The Balaban J connectivity index is 2.18. The van der Waals surface area contributed by atoms with Gasteiger partial charge in [0.05, 0.1) is 11.2 Å². The lowest BCUT2D eigenvalue weighted by molar-refractivity contribution is 0.897. The third-order valence-electron chi connectivity index (χ3n) is 2.66. The van der Waals surface area contributed by atoms with Gasteiger partial charge in [0.2, 0.25) is 0 Å². The van der Waals surface area contributed by atoms with Crippen LogP contribution in [0.4, 0.5) is 11.4 Å². The molecule has 0 amide bonds. The third-order valence-corrected chi connectivity index (χ3v) is 2.66. The van der Waals surface area contributed by atoms with E-state index in [4.69, 9.17) is 11.5 Å². The topological polar surface area (TPSA) is 69.9 Å². The van der Waals surface area contributed by atoms with Crippen LogP contribution >= 0.6 is 0 Å². The zero-order chi connectivity index (χ0) is 11.8. The number of benzene rings is 2. The zero-order valence-corrected chi connectivity index (χ0v) is 9.17. The second-order valence-corrected chi connectivity index (χ2v) is 3.99. The van der Waals surface area contributed by atoms with E-state index >= 15 is 0 Å². The van der Waals surface area contributed by atoms with Gasteiger partial charge in [-0.05, 0) is 36.4 Å². The Morgan fingerprint density at radius 3 is 2.59 bits per heavy atom. The lowest BCUT2D eigenvalue weighted by Gasteiger charge is -2.01. The monoisotopic (exact) mass is 224 g/mol. The van der Waals surface area contributed by atoms with Crippen LogP contribution in [0.25, 0.3) is 16.6 Å². The van der Waals surface area contributed by atoms with E-state index < -0.39 is 0 Å². The fraction of sp³-hybridized carbons (Fsp3) is 0. The van der Waals surface area contributed by atoms with Crippen LogP contribution in [0.3, 0.4) is 0 Å². The highest BCUT2D eigenvalue weighted by Gasteiger charge is 2.02. The molecule has 17 heavy (non-hydrogen) atoms. The minimum absolute atomic E-state index is 0.724. The summed E-state index contributed by atoms with van der Waals surface area (Å²) >= 11 is 0. The van der Waals surface area contributed by atoms with Crippen LogP contribution in [0.1, 0.15) is 0 Å². The van der Waals surface area contributed by atoms with Crippen LogP contribution in [0.5, 0.6) is 0 Å². The summed E-state index contributed by atoms with van der Waals surface area (Å²) in [6.45, 7) is 0. The molecule has 1 heterocycles. The average Bonchev–Trinajstić information content (AvgIpc) is 2.72. The summed E-state index contributed by atoms with van der Waals surface area (Å²) in [6.07, 6.45) is 1.94. The van der Waals surface area contributed by atoms with Gasteiger partial charge in [0.1, 0.15) is 0 Å². The molecule has 0 radical (unpaired) electrons. The van der Waals surface area contributed by atoms with Crippen LogP contribution < -0.4 is 11.5 Å². The predicted molar refractivity (Wildman–Crippen MR) is 69.9 cm³/mol. The molecule has 0 spiro atoms. The van der Waals surface area contributed by atoms with E-state index in [0.717, 1.165) is 28.0 Å². The van der Waals surface area contributed by atoms with Crippen LogP contribution in [0, 0.1) is 0 Å². The molecule has 3 aromatic rings. The second-order valence-electron chi connectivity index (χ2n) is 3.99. The molecule has 0 aliphatic carbocycles. The van der Waals surface area contributed by atoms with E-state index in [1.165, 1.54) is 0 Å². The van der Waals surface area contributed by atoms with Crippen molar-refractivity contribution < 1.29 is 0 Å². The standard InChI is InChI=1S/C13H12N4/c14-10-2-1-3-12(7-10)17-8-9-6-11(15)4-5-13(9)16-17/h1-8H,14-15H2. The first-order chi connectivity index (χ1) is 8.22. The number of hydrogen-bond acceptors (Lipinski definition) is 3. The summed E-state index contributed by atoms with van der Waals surface area (Å²) in [4.78, 5) is 0. The molecule has 2 aromatic carbocycles. The highest BCUT2D eigenvalue weighted by molar-refractivity contribution is 5.81. The molecular formula is C13H12N4. The molecule has 0 atom stereocenters. The van der Waals surface area contributed by atoms with Crippen molar-refractivity contribution in [3.63, 3.8) is 0 Å². The first kappa shape index (κ1) is 9.72. The van der Waals surface area contributed by atoms with Crippen molar-refractivity contribution in [3.05, 3.63) is 48.7 Å². The highest BCUT2D eigenvalue weighted by atomic mass is 15.3. The van der Waals surface area contributed by atoms with E-state index in [2.05, 4.69) is 5.10 Å². The number of nitrogens with zero attached hydrogens (tertiary/aromatic N) is 2. The molecular weight excluding hydrogens is 212 g/mol. The van der Waals surface area contributed by atoms with Gasteiger partial charge < -0.3 is 11.5 Å². The Hall–Kier alpha value is -2.49. The van der Waals surface area contributed by atoms with E-state index in [9.17, 15) is 0 Å². The van der Waals surface area contributed by atoms with Crippen molar-refractivity contribution in [2.45, 2.75) is 0 Å². The first-order valence-corrected chi connectivity index (χ1v) is 5.33. The molecule has 0 saturated carbocycles. The van der Waals surface area contributed by atoms with Crippen molar-refractivity contribution in [2.75, 3.05) is 11.5 Å². The summed E-state index contributed by atoms with van der Waals surface area (Å²) in [5, 5.41) is 5.49. The van der Waals surface area contributed by atoms with Gasteiger partial charge in [-0.15, -0.1) is 0 Å². The number of hydrogen-bond donors (Lipinski definition) is 2. The van der Waals surface area contributed by atoms with E-state index in [1.807, 2.05) is 48.7 Å². The molecule has 0 aliphatic heterocycles. The summed E-state index contributed by atoms with van der Waals surface area (Å²) in [5.41, 5.74) is 14.8. The van der Waals surface area contributed by atoms with Crippen LogP contribution in [-0.4, -0.2) is 9.78 Å². The third kappa shape index (κ3) is 1.69. The lowest BCUT2D eigenvalue weighted by atomic mass is 10.2. The van der Waals surface area contributed by atoms with Gasteiger partial charge in [0, 0.05) is 23.0 Å². The Labute approximate surface area is 98.5 Å². The molecule has 0 bridgehead atoms. The first-order valence-electron chi connectivity index (χ1n) is 5.33. The molecule has 0 aliphatic rings. The maximum Gasteiger partial charge on any atom is 0.0929 e. The molecule has 84 valence electrons. The molecule has 4 nitrogen and oxygen atoms in total. The molecule has 4 heteroatoms. The fourth-order valence-electron chi connectivity index (χ4n) is 1.84. The van der Waals surface area contributed by atoms with Gasteiger partial charge in [-0.25, -0.2) is 4.68 Å². The summed E-state index contributed by atoms with van der Waals surface area (Å²) < 4.78 is 1.81. The van der Waals surface area contributed by atoms with Gasteiger partial charge in [-0.2, -0.15) is 5.10 Å². The lowest BCUT2D eigenvalue weighted by Crippen LogP contribution is -1.95. The molecule has 3 rings (SSSR count). The fourth-order valence-corrected chi connectivity index (χ4v) is 1.84. The quantitative estimate of drug-likeness (QED) is 0.622. The maximum absolute atomic E-state index is 5.75. The van der Waals surface area contributed by atoms with Gasteiger partial charge in [0.15, 0.2) is 0 Å². The average molecular weight is 224 g/mol. The van der Waals surface area contributed by atoms with Gasteiger partial charge in [0.25, 0.3) is 0 Å². The number of nitrogens with two attached hydrogens (primary N) is 2. The number of rotatable bonds is 1. The summed E-state index contributed by atoms with van der Waals surface area (Å²) in [7, 11) is 0. The smallest absolute Gasteiger partial charge is 0.0929 e.